The van der Waals surface area contributed by atoms with E-state index < -0.39 is 0 Å². The predicted octanol–water partition coefficient (Wildman–Crippen LogP) is 5.08. The van der Waals surface area contributed by atoms with Crippen molar-refractivity contribution in [1.82, 2.24) is 4.90 Å². The van der Waals surface area contributed by atoms with E-state index in [2.05, 4.69) is 0 Å². The molecule has 2 aromatic carbocycles. The molecule has 1 heterocycles. The number of rotatable bonds is 8. The van der Waals surface area contributed by atoms with Crippen molar-refractivity contribution in [2.24, 2.45) is 0 Å². The molecule has 4 nitrogen and oxygen atoms in total. The summed E-state index contributed by atoms with van der Waals surface area (Å²) in [7, 11) is 1.66. The number of nitrogens with zero attached hydrogens (tertiary/aromatic N) is 1. The number of hydrogen-bond donors (Lipinski definition) is 0. The standard InChI is InChI=1S/C24H25NO3/c1-27-21-11-7-18(8-12-21)17-25(20-9-10-20)24(26)16-14-22-13-15-23(28-22)19-5-3-2-4-6-19/h2-8,11-13,15,20H,9-10,14,16-17H2,1H3. The third kappa shape index (κ3) is 4.45. The van der Waals surface area contributed by atoms with Crippen LogP contribution in [0, 0.1) is 0 Å². The second-order valence-electron chi connectivity index (χ2n) is 7.23. The largest absolute Gasteiger partial charge is 0.497 e. The summed E-state index contributed by atoms with van der Waals surface area (Å²) >= 11 is 0. The van der Waals surface area contributed by atoms with Crippen molar-refractivity contribution in [3.8, 4) is 17.1 Å². The van der Waals surface area contributed by atoms with Gasteiger partial charge in [-0.05, 0) is 42.7 Å². The van der Waals surface area contributed by atoms with E-state index in [-0.39, 0.29) is 5.91 Å². The molecule has 0 radical (unpaired) electrons. The van der Waals surface area contributed by atoms with Gasteiger partial charge in [0.25, 0.3) is 0 Å². The van der Waals surface area contributed by atoms with E-state index >= 15 is 0 Å². The molecule has 1 aliphatic carbocycles. The van der Waals surface area contributed by atoms with Gasteiger partial charge >= 0.3 is 0 Å². The summed E-state index contributed by atoms with van der Waals surface area (Å²) in [4.78, 5) is 14.9. The molecular formula is C24H25NO3. The molecule has 1 fully saturated rings. The molecule has 4 heteroatoms. The van der Waals surface area contributed by atoms with Crippen LogP contribution in [-0.4, -0.2) is 24.0 Å². The number of ether oxygens (including phenoxy) is 1. The first-order chi connectivity index (χ1) is 13.7. The van der Waals surface area contributed by atoms with Crippen molar-refractivity contribution in [3.63, 3.8) is 0 Å². The molecular weight excluding hydrogens is 350 g/mol. The van der Waals surface area contributed by atoms with E-state index in [1.807, 2.05) is 71.6 Å². The van der Waals surface area contributed by atoms with Crippen LogP contribution in [0.1, 0.15) is 30.6 Å². The maximum atomic E-state index is 12.9. The van der Waals surface area contributed by atoms with Gasteiger partial charge in [-0.2, -0.15) is 0 Å². The van der Waals surface area contributed by atoms with Crippen molar-refractivity contribution in [1.29, 1.82) is 0 Å². The lowest BCUT2D eigenvalue weighted by Crippen LogP contribution is -2.32. The summed E-state index contributed by atoms with van der Waals surface area (Å²) < 4.78 is 11.1. The number of hydrogen-bond acceptors (Lipinski definition) is 3. The van der Waals surface area contributed by atoms with Crippen LogP contribution in [0.15, 0.2) is 71.1 Å². The predicted molar refractivity (Wildman–Crippen MR) is 109 cm³/mol. The van der Waals surface area contributed by atoms with Gasteiger partial charge in [0.1, 0.15) is 17.3 Å². The van der Waals surface area contributed by atoms with Crippen LogP contribution in [0.5, 0.6) is 5.75 Å². The quantitative estimate of drug-likeness (QED) is 0.551. The Hall–Kier alpha value is -3.01. The van der Waals surface area contributed by atoms with Gasteiger partial charge < -0.3 is 14.1 Å². The Morgan fingerprint density at radius 1 is 1.04 bits per heavy atom. The maximum Gasteiger partial charge on any atom is 0.223 e. The fraction of sp³-hybridized carbons (Fsp3) is 0.292. The van der Waals surface area contributed by atoms with E-state index in [1.165, 1.54) is 0 Å². The van der Waals surface area contributed by atoms with E-state index in [9.17, 15) is 4.79 Å². The second kappa shape index (κ2) is 8.34. The number of benzene rings is 2. The van der Waals surface area contributed by atoms with Gasteiger partial charge in [-0.1, -0.05) is 42.5 Å². The van der Waals surface area contributed by atoms with E-state index in [0.29, 0.717) is 25.4 Å². The normalized spacial score (nSPS) is 13.3. The van der Waals surface area contributed by atoms with Crippen LogP contribution in [0.4, 0.5) is 0 Å². The van der Waals surface area contributed by atoms with E-state index in [4.69, 9.17) is 9.15 Å². The zero-order valence-electron chi connectivity index (χ0n) is 16.1. The summed E-state index contributed by atoms with van der Waals surface area (Å²) in [5.74, 6) is 2.73. The molecule has 0 aliphatic heterocycles. The first kappa shape index (κ1) is 18.4. The van der Waals surface area contributed by atoms with Crippen LogP contribution in [0.3, 0.4) is 0 Å². The van der Waals surface area contributed by atoms with Crippen molar-refractivity contribution in [2.45, 2.75) is 38.3 Å². The zero-order valence-corrected chi connectivity index (χ0v) is 16.1. The Morgan fingerprint density at radius 3 is 2.46 bits per heavy atom. The molecule has 1 aromatic heterocycles. The fourth-order valence-corrected chi connectivity index (χ4v) is 3.38. The maximum absolute atomic E-state index is 12.9. The third-order valence-electron chi connectivity index (χ3n) is 5.13. The smallest absolute Gasteiger partial charge is 0.223 e. The lowest BCUT2D eigenvalue weighted by Gasteiger charge is -2.22. The van der Waals surface area contributed by atoms with Crippen LogP contribution in [-0.2, 0) is 17.8 Å². The topological polar surface area (TPSA) is 42.7 Å². The van der Waals surface area contributed by atoms with Gasteiger partial charge in [-0.25, -0.2) is 0 Å². The fourth-order valence-electron chi connectivity index (χ4n) is 3.38. The van der Waals surface area contributed by atoms with Gasteiger partial charge in [0.05, 0.1) is 7.11 Å². The van der Waals surface area contributed by atoms with Crippen LogP contribution < -0.4 is 4.74 Å². The Labute approximate surface area is 165 Å². The Balaban J connectivity index is 1.36. The van der Waals surface area contributed by atoms with Crippen molar-refractivity contribution in [2.75, 3.05) is 7.11 Å². The SMILES string of the molecule is COc1ccc(CN(C(=O)CCc2ccc(-c3ccccc3)o2)C2CC2)cc1. The van der Waals surface area contributed by atoms with Gasteiger partial charge in [-0.15, -0.1) is 0 Å². The number of amides is 1. The Kier molecular flexibility index (Phi) is 5.47. The number of furan rings is 1. The lowest BCUT2D eigenvalue weighted by molar-refractivity contribution is -0.132. The van der Waals surface area contributed by atoms with Crippen LogP contribution >= 0.6 is 0 Å². The van der Waals surface area contributed by atoms with Crippen LogP contribution in [0.25, 0.3) is 11.3 Å². The summed E-state index contributed by atoms with van der Waals surface area (Å²) in [6.45, 7) is 0.654. The minimum atomic E-state index is 0.191. The molecule has 0 spiro atoms. The monoisotopic (exact) mass is 375 g/mol. The average molecular weight is 375 g/mol. The van der Waals surface area contributed by atoms with Gasteiger partial charge in [0.2, 0.25) is 5.91 Å². The molecule has 3 aromatic rings. The molecule has 0 saturated heterocycles. The minimum absolute atomic E-state index is 0.191. The highest BCUT2D eigenvalue weighted by Crippen LogP contribution is 2.30. The molecule has 0 N–H and O–H groups in total. The molecule has 0 bridgehead atoms. The average Bonchev–Trinajstić information content (AvgIpc) is 3.48. The van der Waals surface area contributed by atoms with Crippen LogP contribution in [0.2, 0.25) is 0 Å². The van der Waals surface area contributed by atoms with Crippen molar-refractivity contribution < 1.29 is 13.9 Å². The molecule has 1 aliphatic rings. The number of carbonyl (C=O) groups excluding carboxylic acids is 1. The summed E-state index contributed by atoms with van der Waals surface area (Å²) in [5.41, 5.74) is 2.18. The third-order valence-corrected chi connectivity index (χ3v) is 5.13. The molecule has 28 heavy (non-hydrogen) atoms. The molecule has 0 unspecified atom stereocenters. The molecule has 4 rings (SSSR count). The number of aryl methyl sites for hydroxylation is 1. The zero-order chi connectivity index (χ0) is 19.3. The molecule has 1 amide bonds. The van der Waals surface area contributed by atoms with E-state index in [1.54, 1.807) is 7.11 Å². The molecule has 1 saturated carbocycles. The Morgan fingerprint density at radius 2 is 1.79 bits per heavy atom. The first-order valence-electron chi connectivity index (χ1n) is 9.79. The summed E-state index contributed by atoms with van der Waals surface area (Å²) in [6.07, 6.45) is 3.29. The second-order valence-corrected chi connectivity index (χ2v) is 7.23. The van der Waals surface area contributed by atoms with Crippen molar-refractivity contribution in [3.05, 3.63) is 78.1 Å². The lowest BCUT2D eigenvalue weighted by atomic mass is 10.1. The summed E-state index contributed by atoms with van der Waals surface area (Å²) in [5, 5.41) is 0. The highest BCUT2D eigenvalue weighted by Gasteiger charge is 2.32. The first-order valence-corrected chi connectivity index (χ1v) is 9.79. The minimum Gasteiger partial charge on any atom is -0.497 e. The van der Waals surface area contributed by atoms with Gasteiger partial charge in [0, 0.05) is 31.0 Å². The van der Waals surface area contributed by atoms with Gasteiger partial charge in [-0.3, -0.25) is 4.79 Å². The highest BCUT2D eigenvalue weighted by molar-refractivity contribution is 5.77. The van der Waals surface area contributed by atoms with Crippen molar-refractivity contribution >= 4 is 5.91 Å². The summed E-state index contributed by atoms with van der Waals surface area (Å²) in [6, 6.07) is 22.3. The van der Waals surface area contributed by atoms with Gasteiger partial charge in [0.15, 0.2) is 0 Å². The Bertz CT molecular complexity index is 911. The molecule has 0 atom stereocenters. The van der Waals surface area contributed by atoms with E-state index in [0.717, 1.165) is 41.2 Å². The highest BCUT2D eigenvalue weighted by atomic mass is 16.5. The number of methoxy groups -OCH3 is 1. The molecule has 144 valence electrons. The number of carbonyl (C=O) groups is 1.